The predicted molar refractivity (Wildman–Crippen MR) is 66.7 cm³/mol. The van der Waals surface area contributed by atoms with E-state index in [9.17, 15) is 4.39 Å². The number of benzene rings is 1. The van der Waals surface area contributed by atoms with Crippen molar-refractivity contribution in [3.05, 3.63) is 41.2 Å². The summed E-state index contributed by atoms with van der Waals surface area (Å²) >= 11 is 5.66. The third kappa shape index (κ3) is 2.62. The Balaban J connectivity index is 2.33. The number of methoxy groups -OCH3 is 1. The van der Waals surface area contributed by atoms with E-state index in [-0.39, 0.29) is 22.3 Å². The molecule has 0 saturated carbocycles. The molecule has 0 aliphatic heterocycles. The Kier molecular flexibility index (Phi) is 3.53. The van der Waals surface area contributed by atoms with Gasteiger partial charge in [-0.1, -0.05) is 17.7 Å². The van der Waals surface area contributed by atoms with Gasteiger partial charge in [0.05, 0.1) is 12.8 Å². The molecule has 2 rings (SSSR count). The van der Waals surface area contributed by atoms with Gasteiger partial charge < -0.3 is 15.2 Å². The van der Waals surface area contributed by atoms with E-state index in [1.165, 1.54) is 13.2 Å². The lowest BCUT2D eigenvalue weighted by Crippen LogP contribution is -1.97. The number of hydrogen-bond acceptors (Lipinski definition) is 4. The summed E-state index contributed by atoms with van der Waals surface area (Å²) in [6, 6.07) is 7.41. The van der Waals surface area contributed by atoms with Gasteiger partial charge in [0.2, 0.25) is 11.8 Å². The highest BCUT2D eigenvalue weighted by Gasteiger charge is 2.12. The molecule has 0 aliphatic rings. The van der Waals surface area contributed by atoms with Crippen molar-refractivity contribution in [2.24, 2.45) is 0 Å². The molecule has 0 spiro atoms. The summed E-state index contributed by atoms with van der Waals surface area (Å²) in [5.74, 6) is -0.215. The first kappa shape index (κ1) is 12.4. The highest BCUT2D eigenvalue weighted by Crippen LogP contribution is 2.32. The van der Waals surface area contributed by atoms with Gasteiger partial charge in [0.25, 0.3) is 0 Å². The summed E-state index contributed by atoms with van der Waals surface area (Å²) in [4.78, 5) is 3.99. The molecule has 1 aromatic carbocycles. The summed E-state index contributed by atoms with van der Waals surface area (Å²) in [7, 11) is 1.48. The Morgan fingerprint density at radius 3 is 2.67 bits per heavy atom. The highest BCUT2D eigenvalue weighted by atomic mass is 35.5. The van der Waals surface area contributed by atoms with Crippen LogP contribution in [0.25, 0.3) is 0 Å². The molecule has 6 heteroatoms. The number of pyridine rings is 1. The zero-order valence-corrected chi connectivity index (χ0v) is 10.2. The van der Waals surface area contributed by atoms with Crippen molar-refractivity contribution in [3.8, 4) is 17.5 Å². The minimum absolute atomic E-state index is 0.101. The van der Waals surface area contributed by atoms with Gasteiger partial charge in [0.15, 0.2) is 11.6 Å². The minimum atomic E-state index is -0.649. The zero-order valence-electron chi connectivity index (χ0n) is 9.48. The van der Waals surface area contributed by atoms with Crippen molar-refractivity contribution < 1.29 is 13.9 Å². The molecule has 2 aromatic rings. The van der Waals surface area contributed by atoms with E-state index in [0.29, 0.717) is 5.88 Å². The van der Waals surface area contributed by atoms with Crippen LogP contribution in [0.5, 0.6) is 17.5 Å². The van der Waals surface area contributed by atoms with E-state index in [0.717, 1.165) is 6.07 Å². The maximum absolute atomic E-state index is 13.6. The molecule has 0 bridgehead atoms. The fourth-order valence-electron chi connectivity index (χ4n) is 1.36. The monoisotopic (exact) mass is 268 g/mol. The van der Waals surface area contributed by atoms with E-state index in [1.54, 1.807) is 18.2 Å². The van der Waals surface area contributed by atoms with E-state index >= 15 is 0 Å². The smallest absolute Gasteiger partial charge is 0.222 e. The number of ether oxygens (including phenoxy) is 2. The first-order valence-corrected chi connectivity index (χ1v) is 5.41. The molecule has 4 nitrogen and oxygen atoms in total. The largest absolute Gasteiger partial charge is 0.481 e. The zero-order chi connectivity index (χ0) is 13.1. The Labute approximate surface area is 108 Å². The normalized spacial score (nSPS) is 10.2. The maximum Gasteiger partial charge on any atom is 0.222 e. The third-order valence-electron chi connectivity index (χ3n) is 2.15. The number of halogens is 2. The quantitative estimate of drug-likeness (QED) is 0.868. The molecule has 0 amide bonds. The predicted octanol–water partition coefficient (Wildman–Crippen LogP) is 3.26. The number of anilines is 1. The minimum Gasteiger partial charge on any atom is -0.481 e. The number of nitrogen functional groups attached to an aromatic ring is 1. The second-order valence-corrected chi connectivity index (χ2v) is 3.86. The number of hydrogen-bond donors (Lipinski definition) is 1. The summed E-state index contributed by atoms with van der Waals surface area (Å²) < 4.78 is 23.9. The molecule has 0 fully saturated rings. The van der Waals surface area contributed by atoms with E-state index in [1.807, 2.05) is 0 Å². The van der Waals surface area contributed by atoms with Gasteiger partial charge in [-0.3, -0.25) is 0 Å². The van der Waals surface area contributed by atoms with Crippen LogP contribution < -0.4 is 15.2 Å². The topological polar surface area (TPSA) is 57.4 Å². The van der Waals surface area contributed by atoms with E-state index in [2.05, 4.69) is 4.98 Å². The van der Waals surface area contributed by atoms with Crippen LogP contribution in [0.3, 0.4) is 0 Å². The molecule has 0 aliphatic carbocycles. The van der Waals surface area contributed by atoms with Crippen molar-refractivity contribution in [1.82, 2.24) is 4.98 Å². The average Bonchev–Trinajstić information content (AvgIpc) is 2.34. The molecule has 94 valence electrons. The van der Waals surface area contributed by atoms with Gasteiger partial charge in [-0.25, -0.2) is 4.39 Å². The summed E-state index contributed by atoms with van der Waals surface area (Å²) in [6.45, 7) is 0. The lowest BCUT2D eigenvalue weighted by atomic mass is 10.3. The first-order valence-electron chi connectivity index (χ1n) is 5.03. The number of aromatic nitrogens is 1. The Morgan fingerprint density at radius 2 is 2.00 bits per heavy atom. The summed E-state index contributed by atoms with van der Waals surface area (Å²) in [5, 5.41) is 0.205. The maximum atomic E-state index is 13.6. The molecule has 1 aromatic heterocycles. The van der Waals surface area contributed by atoms with Crippen LogP contribution in [0.4, 0.5) is 10.1 Å². The van der Waals surface area contributed by atoms with E-state index < -0.39 is 5.82 Å². The first-order chi connectivity index (χ1) is 8.60. The van der Waals surface area contributed by atoms with Crippen molar-refractivity contribution in [2.75, 3.05) is 12.8 Å². The van der Waals surface area contributed by atoms with Crippen LogP contribution in [0.1, 0.15) is 0 Å². The van der Waals surface area contributed by atoms with Crippen molar-refractivity contribution >= 4 is 17.3 Å². The third-order valence-corrected chi connectivity index (χ3v) is 2.37. The molecule has 18 heavy (non-hydrogen) atoms. The second kappa shape index (κ2) is 5.10. The van der Waals surface area contributed by atoms with Gasteiger partial charge >= 0.3 is 0 Å². The number of rotatable bonds is 3. The fourth-order valence-corrected chi connectivity index (χ4v) is 1.57. The Hall–Kier alpha value is -2.01. The van der Waals surface area contributed by atoms with Gasteiger partial charge in [0.1, 0.15) is 0 Å². The van der Waals surface area contributed by atoms with Gasteiger partial charge in [-0.15, -0.1) is 0 Å². The van der Waals surface area contributed by atoms with Crippen molar-refractivity contribution in [1.29, 1.82) is 0 Å². The highest BCUT2D eigenvalue weighted by molar-refractivity contribution is 6.30. The van der Waals surface area contributed by atoms with Crippen LogP contribution in [-0.2, 0) is 0 Å². The Morgan fingerprint density at radius 1 is 1.28 bits per heavy atom. The fraction of sp³-hybridized carbons (Fsp3) is 0.0833. The molecule has 2 N–H and O–H groups in total. The summed E-state index contributed by atoms with van der Waals surface area (Å²) in [6.07, 6.45) is 0. The molecule has 0 atom stereocenters. The van der Waals surface area contributed by atoms with Crippen LogP contribution in [0.15, 0.2) is 30.3 Å². The van der Waals surface area contributed by atoms with Gasteiger partial charge in [0, 0.05) is 17.2 Å². The summed E-state index contributed by atoms with van der Waals surface area (Å²) in [5.41, 5.74) is 5.73. The molecular formula is C12H10ClFN2O2. The van der Waals surface area contributed by atoms with Crippen molar-refractivity contribution in [2.45, 2.75) is 0 Å². The second-order valence-electron chi connectivity index (χ2n) is 3.43. The van der Waals surface area contributed by atoms with Crippen LogP contribution in [0, 0.1) is 5.82 Å². The molecular weight excluding hydrogens is 259 g/mol. The Bertz CT molecular complexity index is 555. The van der Waals surface area contributed by atoms with Gasteiger partial charge in [-0.2, -0.15) is 4.98 Å². The van der Waals surface area contributed by atoms with E-state index in [4.69, 9.17) is 26.8 Å². The molecule has 0 unspecified atom stereocenters. The standard InChI is InChI=1S/C12H10ClFN2O2/c1-17-10-3-2-4-11(16-10)18-12-8(14)5-7(13)6-9(12)15/h2-6H,15H2,1H3. The molecule has 1 heterocycles. The molecule has 0 radical (unpaired) electrons. The number of nitrogens with two attached hydrogens (primary N) is 1. The lowest BCUT2D eigenvalue weighted by Gasteiger charge is -2.09. The van der Waals surface area contributed by atoms with Crippen LogP contribution in [0.2, 0.25) is 5.02 Å². The number of nitrogens with zero attached hydrogens (tertiary/aromatic N) is 1. The van der Waals surface area contributed by atoms with Crippen LogP contribution >= 0.6 is 11.6 Å². The van der Waals surface area contributed by atoms with Crippen molar-refractivity contribution in [3.63, 3.8) is 0 Å². The lowest BCUT2D eigenvalue weighted by molar-refractivity contribution is 0.378. The van der Waals surface area contributed by atoms with Gasteiger partial charge in [-0.05, 0) is 12.1 Å². The van der Waals surface area contributed by atoms with Crippen LogP contribution in [-0.4, -0.2) is 12.1 Å². The average molecular weight is 269 g/mol. The SMILES string of the molecule is COc1cccc(Oc2c(N)cc(Cl)cc2F)n1. The molecule has 0 saturated heterocycles.